The molecule has 39 heavy (non-hydrogen) atoms. The van der Waals surface area contributed by atoms with Crippen LogP contribution in [0.3, 0.4) is 0 Å². The fourth-order valence-electron chi connectivity index (χ4n) is 4.91. The number of hydrogen-bond donors (Lipinski definition) is 0. The van der Waals surface area contributed by atoms with Gasteiger partial charge < -0.3 is 14.2 Å². The zero-order valence-corrected chi connectivity index (χ0v) is 21.7. The third-order valence-electron chi connectivity index (χ3n) is 6.95. The number of fused-ring (bicyclic) bond motifs is 2. The van der Waals surface area contributed by atoms with Crippen LogP contribution in [0.2, 0.25) is 0 Å². The third kappa shape index (κ3) is 4.88. The maximum atomic E-state index is 13.0. The molecule has 3 aromatic heterocycles. The van der Waals surface area contributed by atoms with Crippen LogP contribution in [0.5, 0.6) is 0 Å². The third-order valence-corrected chi connectivity index (χ3v) is 6.95. The predicted octanol–water partition coefficient (Wildman–Crippen LogP) is 4.04. The molecule has 2 amide bonds. The van der Waals surface area contributed by atoms with E-state index in [1.165, 1.54) is 11.2 Å². The molecule has 0 N–H and O–H groups in total. The molecular weight excluding hydrogens is 494 g/mol. The Hall–Kier alpha value is -4.86. The van der Waals surface area contributed by atoms with E-state index in [0.29, 0.717) is 31.6 Å². The Bertz CT molecular complexity index is 1720. The maximum absolute atomic E-state index is 13.0. The first kappa shape index (κ1) is 24.5. The van der Waals surface area contributed by atoms with Crippen LogP contribution < -0.4 is 0 Å². The van der Waals surface area contributed by atoms with Crippen LogP contribution in [-0.2, 0) is 11.3 Å². The van der Waals surface area contributed by atoms with Crippen LogP contribution in [0, 0.1) is 0 Å². The van der Waals surface area contributed by atoms with E-state index in [2.05, 4.69) is 32.4 Å². The molecule has 1 aliphatic rings. The summed E-state index contributed by atoms with van der Waals surface area (Å²) in [7, 11) is 3.40. The molecule has 6 rings (SSSR count). The van der Waals surface area contributed by atoms with Crippen molar-refractivity contribution in [2.75, 3.05) is 27.2 Å². The first-order chi connectivity index (χ1) is 19.0. The second-order valence-corrected chi connectivity index (χ2v) is 9.80. The van der Waals surface area contributed by atoms with E-state index in [0.717, 1.165) is 45.0 Å². The van der Waals surface area contributed by atoms with Crippen molar-refractivity contribution < 1.29 is 14.0 Å². The summed E-state index contributed by atoms with van der Waals surface area (Å²) in [6.07, 6.45) is 9.98. The smallest absolute Gasteiger partial charge is 0.289 e. The van der Waals surface area contributed by atoms with Crippen molar-refractivity contribution in [1.29, 1.82) is 0 Å². The molecule has 0 fully saturated rings. The molecule has 5 aromatic rings. The molecule has 0 unspecified atom stereocenters. The van der Waals surface area contributed by atoms with Crippen LogP contribution in [0.15, 0.2) is 71.8 Å². The predicted molar refractivity (Wildman–Crippen MR) is 147 cm³/mol. The van der Waals surface area contributed by atoms with Gasteiger partial charge in [0.1, 0.15) is 11.9 Å². The molecule has 0 saturated heterocycles. The number of carbonyl (C=O) groups excluding carboxylic acids is 2. The summed E-state index contributed by atoms with van der Waals surface area (Å²) in [6.45, 7) is 1.67. The van der Waals surface area contributed by atoms with Gasteiger partial charge in [0.25, 0.3) is 5.91 Å². The molecule has 0 spiro atoms. The van der Waals surface area contributed by atoms with E-state index in [9.17, 15) is 9.59 Å². The zero-order valence-electron chi connectivity index (χ0n) is 21.7. The van der Waals surface area contributed by atoms with Gasteiger partial charge in [-0.05, 0) is 47.4 Å². The standard InChI is InChI=1S/C29H27N7O3/c1-34(2)29(38)26-15-23-12-22(21-4-3-9-35(17-21)27(37)7-10-36-11-8-32-33-36)13-24(28(23)39-26)19-5-6-20-16-30-18-31-25(20)14-19/h4-6,8,11-16,18H,3,7,9-10,17H2,1-2H3. The van der Waals surface area contributed by atoms with Gasteiger partial charge in [0, 0.05) is 62.3 Å². The lowest BCUT2D eigenvalue weighted by molar-refractivity contribution is -0.131. The lowest BCUT2D eigenvalue weighted by Gasteiger charge is -2.28. The summed E-state index contributed by atoms with van der Waals surface area (Å²) in [5, 5.41) is 9.51. The quantitative estimate of drug-likeness (QED) is 0.332. The van der Waals surface area contributed by atoms with Crippen molar-refractivity contribution in [1.82, 2.24) is 34.8 Å². The van der Waals surface area contributed by atoms with Crippen LogP contribution >= 0.6 is 0 Å². The summed E-state index contributed by atoms with van der Waals surface area (Å²) in [6, 6.07) is 11.9. The second kappa shape index (κ2) is 10.1. The van der Waals surface area contributed by atoms with Gasteiger partial charge in [-0.15, -0.1) is 5.10 Å². The molecule has 1 aliphatic heterocycles. The minimum atomic E-state index is -0.203. The van der Waals surface area contributed by atoms with Crippen molar-refractivity contribution in [3.63, 3.8) is 0 Å². The first-order valence-electron chi connectivity index (χ1n) is 12.8. The Kier molecular flexibility index (Phi) is 6.36. The summed E-state index contributed by atoms with van der Waals surface area (Å²) in [5.41, 5.74) is 5.27. The number of hydrogen-bond acceptors (Lipinski definition) is 7. The van der Waals surface area contributed by atoms with Gasteiger partial charge in [-0.3, -0.25) is 14.3 Å². The van der Waals surface area contributed by atoms with Crippen LogP contribution in [-0.4, -0.2) is 73.8 Å². The molecule has 0 aliphatic carbocycles. The Labute approximate surface area is 224 Å². The van der Waals surface area contributed by atoms with Gasteiger partial charge in [0.2, 0.25) is 5.91 Å². The zero-order chi connectivity index (χ0) is 26.9. The van der Waals surface area contributed by atoms with Crippen molar-refractivity contribution >= 4 is 39.3 Å². The van der Waals surface area contributed by atoms with Gasteiger partial charge in [0.15, 0.2) is 5.76 Å². The molecule has 2 aromatic carbocycles. The fourth-order valence-corrected chi connectivity index (χ4v) is 4.91. The Balaban J connectivity index is 1.37. The Morgan fingerprint density at radius 2 is 1.97 bits per heavy atom. The number of rotatable bonds is 6. The van der Waals surface area contributed by atoms with Gasteiger partial charge in [-0.2, -0.15) is 0 Å². The Morgan fingerprint density at radius 1 is 1.08 bits per heavy atom. The average Bonchev–Trinajstić information content (AvgIpc) is 3.65. The highest BCUT2D eigenvalue weighted by atomic mass is 16.3. The summed E-state index contributed by atoms with van der Waals surface area (Å²) in [4.78, 5) is 37.7. The average molecular weight is 522 g/mol. The molecule has 10 heteroatoms. The second-order valence-electron chi connectivity index (χ2n) is 9.80. The molecule has 0 atom stereocenters. The summed E-state index contributed by atoms with van der Waals surface area (Å²) in [5.74, 6) is 0.152. The van der Waals surface area contributed by atoms with E-state index in [4.69, 9.17) is 4.42 Å². The van der Waals surface area contributed by atoms with Crippen molar-refractivity contribution in [3.8, 4) is 11.1 Å². The molecule has 0 bridgehead atoms. The van der Waals surface area contributed by atoms with E-state index >= 15 is 0 Å². The number of aromatic nitrogens is 5. The van der Waals surface area contributed by atoms with E-state index in [1.54, 1.807) is 43.4 Å². The highest BCUT2D eigenvalue weighted by molar-refractivity contribution is 6.02. The van der Waals surface area contributed by atoms with Gasteiger partial charge in [-0.25, -0.2) is 9.97 Å². The number of nitrogens with zero attached hydrogens (tertiary/aromatic N) is 7. The highest BCUT2D eigenvalue weighted by Gasteiger charge is 2.22. The van der Waals surface area contributed by atoms with Crippen molar-refractivity contribution in [3.05, 3.63) is 78.7 Å². The lowest BCUT2D eigenvalue weighted by Crippen LogP contribution is -2.35. The first-order valence-corrected chi connectivity index (χ1v) is 12.8. The van der Waals surface area contributed by atoms with Crippen LogP contribution in [0.4, 0.5) is 0 Å². The number of carbonyl (C=O) groups is 2. The van der Waals surface area contributed by atoms with Gasteiger partial charge in [-0.1, -0.05) is 23.4 Å². The number of furan rings is 1. The lowest BCUT2D eigenvalue weighted by atomic mass is 9.94. The topological polar surface area (TPSA) is 110 Å². The summed E-state index contributed by atoms with van der Waals surface area (Å²) < 4.78 is 7.80. The normalized spacial score (nSPS) is 13.6. The van der Waals surface area contributed by atoms with Crippen LogP contribution in [0.1, 0.15) is 29.0 Å². The largest absolute Gasteiger partial charge is 0.450 e. The fraction of sp³-hybridized carbons (Fsp3) is 0.241. The number of amides is 2. The SMILES string of the molecule is CN(C)C(=O)c1cc2cc(C3=CCCN(C(=O)CCn4ccnn4)C3)cc(-c3ccc4cncnc4c3)c2o1. The molecular formula is C29H27N7O3. The maximum Gasteiger partial charge on any atom is 0.289 e. The minimum absolute atomic E-state index is 0.0776. The summed E-state index contributed by atoms with van der Waals surface area (Å²) >= 11 is 0. The molecule has 4 heterocycles. The highest BCUT2D eigenvalue weighted by Crippen LogP contribution is 2.36. The van der Waals surface area contributed by atoms with Crippen molar-refractivity contribution in [2.45, 2.75) is 19.4 Å². The van der Waals surface area contributed by atoms with E-state index in [-0.39, 0.29) is 17.6 Å². The van der Waals surface area contributed by atoms with E-state index < -0.39 is 0 Å². The number of benzene rings is 2. The van der Waals surface area contributed by atoms with Crippen molar-refractivity contribution in [2.24, 2.45) is 0 Å². The van der Waals surface area contributed by atoms with Crippen LogP contribution in [0.25, 0.3) is 38.6 Å². The van der Waals surface area contributed by atoms with Gasteiger partial charge in [0.05, 0.1) is 18.3 Å². The monoisotopic (exact) mass is 521 g/mol. The minimum Gasteiger partial charge on any atom is -0.450 e. The molecule has 196 valence electrons. The Morgan fingerprint density at radius 3 is 2.79 bits per heavy atom. The van der Waals surface area contributed by atoms with Gasteiger partial charge >= 0.3 is 0 Å². The molecule has 0 saturated carbocycles. The van der Waals surface area contributed by atoms with E-state index in [1.807, 2.05) is 29.2 Å². The molecule has 10 nitrogen and oxygen atoms in total. The molecule has 0 radical (unpaired) electrons. The number of aryl methyl sites for hydroxylation is 1.